The lowest BCUT2D eigenvalue weighted by Gasteiger charge is -2.62. The van der Waals surface area contributed by atoms with Gasteiger partial charge < -0.3 is 9.80 Å². The molecule has 0 saturated heterocycles. The number of fused-ring (bicyclic) bond motifs is 3. The van der Waals surface area contributed by atoms with Gasteiger partial charge in [0.15, 0.2) is 0 Å². The highest BCUT2D eigenvalue weighted by Crippen LogP contribution is 2.54. The molecule has 2 nitrogen and oxygen atoms in total. The third-order valence-electron chi connectivity index (χ3n) is 7.28. The average Bonchev–Trinajstić information content (AvgIpc) is 2.58. The van der Waals surface area contributed by atoms with Crippen LogP contribution in [0.25, 0.3) is 0 Å². The lowest BCUT2D eigenvalue weighted by Crippen LogP contribution is -2.69. The third-order valence-corrected chi connectivity index (χ3v) is 7.28. The van der Waals surface area contributed by atoms with Gasteiger partial charge in [0.25, 0.3) is 0 Å². The van der Waals surface area contributed by atoms with Crippen molar-refractivity contribution >= 4 is 11.4 Å². The van der Waals surface area contributed by atoms with Crippen LogP contribution in [0.4, 0.5) is 11.4 Å². The molecule has 0 aromatic heterocycles. The van der Waals surface area contributed by atoms with E-state index in [-0.39, 0.29) is 10.8 Å². The fraction of sp³-hybridized carbons (Fsp3) is 0.500. The van der Waals surface area contributed by atoms with Gasteiger partial charge in [-0.2, -0.15) is 0 Å². The van der Waals surface area contributed by atoms with Crippen LogP contribution in [-0.4, -0.2) is 26.2 Å². The van der Waals surface area contributed by atoms with E-state index >= 15 is 0 Å². The van der Waals surface area contributed by atoms with Gasteiger partial charge in [0.05, 0.1) is 23.5 Å². The molecule has 0 fully saturated rings. The van der Waals surface area contributed by atoms with Crippen LogP contribution in [0.5, 0.6) is 0 Å². The molecule has 26 heavy (non-hydrogen) atoms. The fourth-order valence-electron chi connectivity index (χ4n) is 5.76. The molecular formula is C24H32N2. The van der Waals surface area contributed by atoms with Crippen LogP contribution in [0.2, 0.25) is 0 Å². The highest BCUT2D eigenvalue weighted by molar-refractivity contribution is 5.78. The summed E-state index contributed by atoms with van der Waals surface area (Å²) in [6.07, 6.45) is 0. The molecule has 0 amide bonds. The fourth-order valence-corrected chi connectivity index (χ4v) is 5.76. The Hall–Kier alpha value is -1.96. The Morgan fingerprint density at radius 3 is 1.38 bits per heavy atom. The van der Waals surface area contributed by atoms with Crippen LogP contribution >= 0.6 is 0 Å². The molecule has 0 bridgehead atoms. The number of hydrogen-bond donors (Lipinski definition) is 0. The molecular weight excluding hydrogens is 316 g/mol. The van der Waals surface area contributed by atoms with E-state index in [2.05, 4.69) is 102 Å². The van der Waals surface area contributed by atoms with Crippen molar-refractivity contribution in [3.8, 4) is 0 Å². The van der Waals surface area contributed by atoms with Crippen LogP contribution in [-0.2, 0) is 10.8 Å². The van der Waals surface area contributed by atoms with Gasteiger partial charge in [0.1, 0.15) is 0 Å². The summed E-state index contributed by atoms with van der Waals surface area (Å²) in [6, 6.07) is 14.7. The Labute approximate surface area is 158 Å². The highest BCUT2D eigenvalue weighted by atomic mass is 15.3. The molecule has 0 spiro atoms. The van der Waals surface area contributed by atoms with Gasteiger partial charge in [-0.1, -0.05) is 52.0 Å². The van der Waals surface area contributed by atoms with Gasteiger partial charge in [-0.05, 0) is 48.2 Å². The molecule has 2 unspecified atom stereocenters. The second-order valence-electron chi connectivity index (χ2n) is 9.53. The maximum atomic E-state index is 2.56. The molecule has 2 aromatic carbocycles. The molecule has 0 radical (unpaired) electrons. The Morgan fingerprint density at radius 1 is 0.692 bits per heavy atom. The predicted octanol–water partition coefficient (Wildman–Crippen LogP) is 5.20. The number of hydrogen-bond acceptors (Lipinski definition) is 2. The lowest BCUT2D eigenvalue weighted by atomic mass is 9.56. The van der Waals surface area contributed by atoms with Crippen LogP contribution in [0.15, 0.2) is 36.4 Å². The minimum absolute atomic E-state index is 0.0796. The summed E-state index contributed by atoms with van der Waals surface area (Å²) in [5.74, 6) is 0. The van der Waals surface area contributed by atoms with Crippen molar-refractivity contribution in [2.45, 2.75) is 64.5 Å². The van der Waals surface area contributed by atoms with E-state index in [0.717, 1.165) is 0 Å². The first-order chi connectivity index (χ1) is 12.1. The van der Waals surface area contributed by atoms with Gasteiger partial charge in [-0.15, -0.1) is 0 Å². The van der Waals surface area contributed by atoms with E-state index in [1.165, 1.54) is 33.6 Å². The Morgan fingerprint density at radius 2 is 1.04 bits per heavy atom. The maximum Gasteiger partial charge on any atom is 0.0607 e. The maximum absolute atomic E-state index is 2.56. The number of rotatable bonds is 0. The SMILES string of the molecule is Cc1cc2c(cc1C)N(C)C1C(N2C)C(C)(C)c2ccccc2C1(C)C. The topological polar surface area (TPSA) is 6.48 Å². The second-order valence-corrected chi connectivity index (χ2v) is 9.53. The Balaban J connectivity index is 2.01. The monoisotopic (exact) mass is 348 g/mol. The van der Waals surface area contributed by atoms with Crippen molar-refractivity contribution in [1.82, 2.24) is 0 Å². The van der Waals surface area contributed by atoms with Gasteiger partial charge in [-0.3, -0.25) is 0 Å². The average molecular weight is 349 g/mol. The number of aryl methyl sites for hydroxylation is 2. The van der Waals surface area contributed by atoms with E-state index < -0.39 is 0 Å². The summed E-state index contributed by atoms with van der Waals surface area (Å²) in [6.45, 7) is 14.1. The zero-order valence-corrected chi connectivity index (χ0v) is 17.5. The molecule has 0 N–H and O–H groups in total. The zero-order chi connectivity index (χ0) is 19.0. The van der Waals surface area contributed by atoms with Gasteiger partial charge in [0, 0.05) is 24.9 Å². The van der Waals surface area contributed by atoms with Crippen LogP contribution in [0, 0.1) is 13.8 Å². The molecule has 0 saturated carbocycles. The largest absolute Gasteiger partial charge is 0.367 e. The summed E-state index contributed by atoms with van der Waals surface area (Å²) < 4.78 is 0. The number of anilines is 2. The van der Waals surface area contributed by atoms with Crippen molar-refractivity contribution in [1.29, 1.82) is 0 Å². The quantitative estimate of drug-likeness (QED) is 0.646. The highest BCUT2D eigenvalue weighted by Gasteiger charge is 2.56. The van der Waals surface area contributed by atoms with E-state index in [4.69, 9.17) is 0 Å². The summed E-state index contributed by atoms with van der Waals surface area (Å²) in [5, 5.41) is 0. The van der Waals surface area contributed by atoms with Crippen molar-refractivity contribution in [3.05, 3.63) is 58.7 Å². The van der Waals surface area contributed by atoms with Crippen LogP contribution in [0.1, 0.15) is 49.9 Å². The predicted molar refractivity (Wildman–Crippen MR) is 113 cm³/mol. The van der Waals surface area contributed by atoms with Gasteiger partial charge >= 0.3 is 0 Å². The Bertz CT molecular complexity index is 806. The summed E-state index contributed by atoms with van der Waals surface area (Å²) in [5.41, 5.74) is 8.62. The second kappa shape index (κ2) is 5.28. The van der Waals surface area contributed by atoms with E-state index in [0.29, 0.717) is 12.1 Å². The molecule has 138 valence electrons. The van der Waals surface area contributed by atoms with Crippen molar-refractivity contribution in [2.75, 3.05) is 23.9 Å². The van der Waals surface area contributed by atoms with E-state index in [1.54, 1.807) is 0 Å². The molecule has 1 aliphatic heterocycles. The molecule has 1 heterocycles. The molecule has 2 aromatic rings. The molecule has 2 atom stereocenters. The van der Waals surface area contributed by atoms with E-state index in [1.807, 2.05) is 0 Å². The van der Waals surface area contributed by atoms with E-state index in [9.17, 15) is 0 Å². The zero-order valence-electron chi connectivity index (χ0n) is 17.5. The van der Waals surface area contributed by atoms with Crippen LogP contribution in [0.3, 0.4) is 0 Å². The lowest BCUT2D eigenvalue weighted by molar-refractivity contribution is 0.222. The molecule has 1 aliphatic carbocycles. The van der Waals surface area contributed by atoms with Gasteiger partial charge in [-0.25, -0.2) is 0 Å². The molecule has 2 aliphatic rings. The summed E-state index contributed by atoms with van der Waals surface area (Å²) in [4.78, 5) is 5.12. The minimum atomic E-state index is 0.0796. The Kier molecular flexibility index (Phi) is 3.54. The van der Waals surface area contributed by atoms with Gasteiger partial charge in [0.2, 0.25) is 0 Å². The van der Waals surface area contributed by atoms with Crippen molar-refractivity contribution in [3.63, 3.8) is 0 Å². The summed E-state index contributed by atoms with van der Waals surface area (Å²) >= 11 is 0. The molecule has 2 heteroatoms. The van der Waals surface area contributed by atoms with Crippen molar-refractivity contribution in [2.24, 2.45) is 0 Å². The molecule has 4 rings (SSSR count). The minimum Gasteiger partial charge on any atom is -0.367 e. The first-order valence-corrected chi connectivity index (χ1v) is 9.75. The number of benzene rings is 2. The smallest absolute Gasteiger partial charge is 0.0607 e. The third kappa shape index (κ3) is 2.05. The standard InChI is InChI=1S/C24H32N2/c1-15-13-19-20(14-16(15)2)26(8)22-21(25(19)7)23(3,4)17-11-9-10-12-18(17)24(22,5)6/h9-14,21-22H,1-8H3. The first-order valence-electron chi connectivity index (χ1n) is 9.75. The number of nitrogens with zero attached hydrogens (tertiary/aromatic N) is 2. The number of likely N-dealkylation sites (N-methyl/N-ethyl adjacent to an activating group) is 2. The first kappa shape index (κ1) is 17.5. The van der Waals surface area contributed by atoms with Crippen molar-refractivity contribution < 1.29 is 0 Å². The summed E-state index contributed by atoms with van der Waals surface area (Å²) in [7, 11) is 4.59. The normalized spacial score (nSPS) is 25.4. The van der Waals surface area contributed by atoms with Crippen LogP contribution < -0.4 is 9.80 Å².